The number of benzene rings is 1. The summed E-state index contributed by atoms with van der Waals surface area (Å²) < 4.78 is 10.4. The molecule has 1 heterocycles. The zero-order valence-electron chi connectivity index (χ0n) is 7.28. The largest absolute Gasteiger partial charge is 0.454 e. The maximum Gasteiger partial charge on any atom is 0.231 e. The van der Waals surface area contributed by atoms with Crippen LogP contribution in [-0.4, -0.2) is 13.0 Å². The summed E-state index contributed by atoms with van der Waals surface area (Å²) in [5, 5.41) is 3.47. The van der Waals surface area contributed by atoms with Crippen molar-refractivity contribution in [1.82, 2.24) is 0 Å². The fraction of sp³-hybridized carbons (Fsp3) is 0.222. The van der Waals surface area contributed by atoms with Crippen LogP contribution in [0.2, 0.25) is 0 Å². The summed E-state index contributed by atoms with van der Waals surface area (Å²) in [5.74, 6) is 6.61. The highest BCUT2D eigenvalue weighted by molar-refractivity contribution is 5.83. The van der Waals surface area contributed by atoms with Crippen molar-refractivity contribution in [2.45, 2.75) is 6.92 Å². The molecule has 0 amide bonds. The minimum atomic E-state index is 0.290. The number of fused-ring (bicyclic) bond motifs is 1. The Balaban J connectivity index is 2.49. The summed E-state index contributed by atoms with van der Waals surface area (Å²) >= 11 is 0. The molecule has 1 aromatic carbocycles. The van der Waals surface area contributed by atoms with Crippen LogP contribution in [0, 0.1) is 6.92 Å². The normalized spacial score (nSPS) is 13.9. The van der Waals surface area contributed by atoms with Gasteiger partial charge in [0.15, 0.2) is 11.5 Å². The Morgan fingerprint density at radius 2 is 2.08 bits per heavy atom. The third-order valence-electron chi connectivity index (χ3n) is 1.97. The van der Waals surface area contributed by atoms with Gasteiger partial charge in [0.25, 0.3) is 0 Å². The summed E-state index contributed by atoms with van der Waals surface area (Å²) in [5.41, 5.74) is 2.02. The van der Waals surface area contributed by atoms with Gasteiger partial charge >= 0.3 is 0 Å². The van der Waals surface area contributed by atoms with Gasteiger partial charge in [-0.2, -0.15) is 5.10 Å². The Morgan fingerprint density at radius 1 is 1.38 bits per heavy atom. The maximum absolute atomic E-state index is 5.22. The van der Waals surface area contributed by atoms with Crippen LogP contribution in [0.5, 0.6) is 11.5 Å². The second-order valence-corrected chi connectivity index (χ2v) is 2.84. The van der Waals surface area contributed by atoms with E-state index in [-0.39, 0.29) is 6.79 Å². The van der Waals surface area contributed by atoms with Crippen molar-refractivity contribution in [2.75, 3.05) is 6.79 Å². The Morgan fingerprint density at radius 3 is 2.77 bits per heavy atom. The van der Waals surface area contributed by atoms with Crippen LogP contribution >= 0.6 is 0 Å². The third kappa shape index (κ3) is 1.30. The number of hydrazone groups is 1. The minimum Gasteiger partial charge on any atom is -0.454 e. The molecule has 68 valence electrons. The summed E-state index contributed by atoms with van der Waals surface area (Å²) in [7, 11) is 0. The van der Waals surface area contributed by atoms with E-state index < -0.39 is 0 Å². The molecular weight excluding hydrogens is 168 g/mol. The van der Waals surface area contributed by atoms with Crippen LogP contribution in [0.3, 0.4) is 0 Å². The summed E-state index contributed by atoms with van der Waals surface area (Å²) in [6.45, 7) is 2.26. The number of hydrogen-bond acceptors (Lipinski definition) is 4. The molecule has 0 aromatic heterocycles. The molecule has 0 aliphatic carbocycles. The van der Waals surface area contributed by atoms with Crippen molar-refractivity contribution in [2.24, 2.45) is 10.9 Å². The molecule has 0 unspecified atom stereocenters. The van der Waals surface area contributed by atoms with Gasteiger partial charge < -0.3 is 15.3 Å². The van der Waals surface area contributed by atoms with Crippen molar-refractivity contribution in [1.29, 1.82) is 0 Å². The van der Waals surface area contributed by atoms with E-state index in [0.717, 1.165) is 22.6 Å². The fourth-order valence-electron chi connectivity index (χ4n) is 1.28. The summed E-state index contributed by atoms with van der Waals surface area (Å²) in [6, 6.07) is 3.79. The molecule has 0 radical (unpaired) electrons. The van der Waals surface area contributed by atoms with Gasteiger partial charge in [0.2, 0.25) is 6.79 Å². The summed E-state index contributed by atoms with van der Waals surface area (Å²) in [6.07, 6.45) is 1.59. The van der Waals surface area contributed by atoms with Crippen LogP contribution in [0.1, 0.15) is 11.1 Å². The van der Waals surface area contributed by atoms with E-state index in [4.69, 9.17) is 15.3 Å². The van der Waals surface area contributed by atoms with E-state index in [1.807, 2.05) is 19.1 Å². The molecule has 0 bridgehead atoms. The van der Waals surface area contributed by atoms with Gasteiger partial charge in [-0.1, -0.05) is 0 Å². The Kier molecular flexibility index (Phi) is 1.81. The molecule has 13 heavy (non-hydrogen) atoms. The zero-order valence-corrected chi connectivity index (χ0v) is 7.28. The van der Waals surface area contributed by atoms with Crippen molar-refractivity contribution in [3.63, 3.8) is 0 Å². The molecule has 2 N–H and O–H groups in total. The summed E-state index contributed by atoms with van der Waals surface area (Å²) in [4.78, 5) is 0. The molecule has 2 rings (SSSR count). The molecule has 0 saturated heterocycles. The third-order valence-corrected chi connectivity index (χ3v) is 1.97. The lowest BCUT2D eigenvalue weighted by Crippen LogP contribution is -1.93. The van der Waals surface area contributed by atoms with Crippen LogP contribution in [0.15, 0.2) is 17.2 Å². The number of ether oxygens (including phenoxy) is 2. The second kappa shape index (κ2) is 2.97. The van der Waals surface area contributed by atoms with Crippen LogP contribution in [0.4, 0.5) is 0 Å². The first kappa shape index (κ1) is 7.91. The Bertz CT molecular complexity index is 361. The van der Waals surface area contributed by atoms with Gasteiger partial charge in [-0.3, -0.25) is 0 Å². The highest BCUT2D eigenvalue weighted by atomic mass is 16.7. The van der Waals surface area contributed by atoms with Gasteiger partial charge in [0.1, 0.15) is 0 Å². The number of rotatable bonds is 1. The first-order valence-electron chi connectivity index (χ1n) is 3.95. The smallest absolute Gasteiger partial charge is 0.231 e. The minimum absolute atomic E-state index is 0.290. The van der Waals surface area contributed by atoms with Crippen LogP contribution in [0.25, 0.3) is 0 Å². The molecule has 4 heteroatoms. The van der Waals surface area contributed by atoms with Crippen LogP contribution in [-0.2, 0) is 0 Å². The molecule has 1 aliphatic heterocycles. The monoisotopic (exact) mass is 178 g/mol. The lowest BCUT2D eigenvalue weighted by atomic mass is 10.1. The van der Waals surface area contributed by atoms with E-state index in [9.17, 15) is 0 Å². The Hall–Kier alpha value is -1.71. The molecule has 1 aliphatic rings. The maximum atomic E-state index is 5.22. The number of nitrogens with two attached hydrogens (primary N) is 1. The predicted molar refractivity (Wildman–Crippen MR) is 49.1 cm³/mol. The van der Waals surface area contributed by atoms with E-state index in [2.05, 4.69) is 5.10 Å². The molecular formula is C9H10N2O2. The fourth-order valence-corrected chi connectivity index (χ4v) is 1.28. The highest BCUT2D eigenvalue weighted by Crippen LogP contribution is 2.33. The van der Waals surface area contributed by atoms with Gasteiger partial charge in [0, 0.05) is 5.56 Å². The van der Waals surface area contributed by atoms with Crippen LogP contribution < -0.4 is 15.3 Å². The number of aryl methyl sites for hydroxylation is 1. The van der Waals surface area contributed by atoms with Crippen molar-refractivity contribution in [3.8, 4) is 11.5 Å². The lowest BCUT2D eigenvalue weighted by molar-refractivity contribution is 0.174. The van der Waals surface area contributed by atoms with Gasteiger partial charge in [-0.15, -0.1) is 0 Å². The van der Waals surface area contributed by atoms with Gasteiger partial charge in [-0.25, -0.2) is 0 Å². The predicted octanol–water partition coefficient (Wildman–Crippen LogP) is 1.02. The SMILES string of the molecule is Cc1cc2c(cc1C=NN)OCO2. The standard InChI is InChI=1S/C9H10N2O2/c1-6-2-8-9(13-5-12-8)3-7(6)4-11-10/h2-4H,5,10H2,1H3. The molecule has 1 aromatic rings. The average Bonchev–Trinajstić information content (AvgIpc) is 2.52. The number of hydrogen-bond donors (Lipinski definition) is 1. The van der Waals surface area contributed by atoms with E-state index in [1.165, 1.54) is 0 Å². The topological polar surface area (TPSA) is 56.8 Å². The van der Waals surface area contributed by atoms with Crippen molar-refractivity contribution >= 4 is 6.21 Å². The molecule has 0 saturated carbocycles. The second-order valence-electron chi connectivity index (χ2n) is 2.84. The quantitative estimate of drug-likeness (QED) is 0.396. The molecule has 0 atom stereocenters. The molecule has 0 fully saturated rings. The van der Waals surface area contributed by atoms with Gasteiger partial charge in [0.05, 0.1) is 6.21 Å². The van der Waals surface area contributed by atoms with Crippen molar-refractivity contribution < 1.29 is 9.47 Å². The molecule has 4 nitrogen and oxygen atoms in total. The average molecular weight is 178 g/mol. The zero-order chi connectivity index (χ0) is 9.26. The van der Waals surface area contributed by atoms with E-state index in [0.29, 0.717) is 0 Å². The molecule has 0 spiro atoms. The lowest BCUT2D eigenvalue weighted by Gasteiger charge is -2.01. The number of nitrogens with zero attached hydrogens (tertiary/aromatic N) is 1. The first-order chi connectivity index (χ1) is 6.31. The van der Waals surface area contributed by atoms with E-state index >= 15 is 0 Å². The highest BCUT2D eigenvalue weighted by Gasteiger charge is 2.14. The Labute approximate surface area is 76.0 Å². The van der Waals surface area contributed by atoms with Gasteiger partial charge in [-0.05, 0) is 24.6 Å². The first-order valence-corrected chi connectivity index (χ1v) is 3.95. The van der Waals surface area contributed by atoms with Crippen molar-refractivity contribution in [3.05, 3.63) is 23.3 Å². The van der Waals surface area contributed by atoms with E-state index in [1.54, 1.807) is 6.21 Å².